The molecule has 0 bridgehead atoms. The molecule has 2 aromatic carbocycles. The minimum Gasteiger partial charge on any atom is -0.350 e. The number of rotatable bonds is 8. The van der Waals surface area contributed by atoms with Crippen molar-refractivity contribution in [3.63, 3.8) is 0 Å². The molecule has 4 heterocycles. The van der Waals surface area contributed by atoms with E-state index in [1.54, 1.807) is 6.07 Å². The lowest BCUT2D eigenvalue weighted by Gasteiger charge is -2.38. The number of para-hydroxylation sites is 1. The molecule has 10 heteroatoms. The highest BCUT2D eigenvalue weighted by Crippen LogP contribution is 2.37. The Morgan fingerprint density at radius 2 is 1.74 bits per heavy atom. The largest absolute Gasteiger partial charge is 0.350 e. The van der Waals surface area contributed by atoms with Gasteiger partial charge in [-0.25, -0.2) is 0 Å². The molecule has 46 heavy (non-hydrogen) atoms. The first-order valence-corrected chi connectivity index (χ1v) is 17.0. The minimum absolute atomic E-state index is 0.0367. The van der Waals surface area contributed by atoms with Gasteiger partial charge in [-0.3, -0.25) is 23.7 Å². The number of carbonyl (C=O) groups is 3. The van der Waals surface area contributed by atoms with E-state index in [-0.39, 0.29) is 48.6 Å². The molecule has 2 aliphatic heterocycles. The van der Waals surface area contributed by atoms with Gasteiger partial charge in [-0.1, -0.05) is 36.8 Å². The molecule has 4 aromatic rings. The average molecular weight is 627 g/mol. The second kappa shape index (κ2) is 13.1. The van der Waals surface area contributed by atoms with E-state index in [1.807, 2.05) is 54.3 Å². The van der Waals surface area contributed by atoms with E-state index in [4.69, 9.17) is 0 Å². The van der Waals surface area contributed by atoms with Crippen LogP contribution in [0.1, 0.15) is 74.3 Å². The molecule has 3 fully saturated rings. The maximum atomic E-state index is 14.2. The number of ketones is 1. The van der Waals surface area contributed by atoms with Gasteiger partial charge in [0.05, 0.1) is 12.2 Å². The predicted molar refractivity (Wildman–Crippen MR) is 174 cm³/mol. The molecule has 3 atom stereocenters. The number of carbonyl (C=O) groups excluding carboxylic acids is 3. The first kappa shape index (κ1) is 30.7. The van der Waals surface area contributed by atoms with Crippen molar-refractivity contribution in [1.82, 2.24) is 29.8 Å². The molecule has 9 nitrogen and oxygen atoms in total. The van der Waals surface area contributed by atoms with Crippen molar-refractivity contribution in [3.8, 4) is 0 Å². The SMILES string of the molecule is C[C@H](CF)C1CCC(C(=O)N2CC[C@@H](N3CCCCC3)[C@H]2C(=O)Cc2ccc3[nH]c(C(=O)n4nnc5ccccc54)cc3c2)CC1. The zero-order chi connectivity index (χ0) is 31.8. The first-order valence-electron chi connectivity index (χ1n) is 17.0. The van der Waals surface area contributed by atoms with Crippen LogP contribution < -0.4 is 0 Å². The molecule has 2 aromatic heterocycles. The maximum absolute atomic E-state index is 14.2. The number of amides is 1. The van der Waals surface area contributed by atoms with Crippen molar-refractivity contribution in [1.29, 1.82) is 0 Å². The molecular weight excluding hydrogens is 583 g/mol. The van der Waals surface area contributed by atoms with Crippen LogP contribution in [0.15, 0.2) is 48.5 Å². The normalized spacial score (nSPS) is 24.9. The quantitative estimate of drug-likeness (QED) is 0.274. The number of alkyl halides is 1. The number of benzene rings is 2. The molecule has 1 aliphatic carbocycles. The summed E-state index contributed by atoms with van der Waals surface area (Å²) in [6, 6.07) is 14.5. The Balaban J connectivity index is 1.10. The lowest BCUT2D eigenvalue weighted by Crippen LogP contribution is -2.54. The number of nitrogens with one attached hydrogen (secondary N) is 1. The Labute approximate surface area is 268 Å². The van der Waals surface area contributed by atoms with Gasteiger partial charge < -0.3 is 9.88 Å². The summed E-state index contributed by atoms with van der Waals surface area (Å²) in [5.74, 6) is 0.152. The second-order valence-electron chi connectivity index (χ2n) is 13.7. The fraction of sp³-hybridized carbons (Fsp3) is 0.528. The number of piperidine rings is 1. The van der Waals surface area contributed by atoms with Crippen LogP contribution in [-0.2, 0) is 16.0 Å². The molecule has 1 amide bonds. The minimum atomic E-state index is -0.465. The number of Topliss-reactive ketones (excluding diaryl/α,β-unsaturated/α-hetero) is 1. The topological polar surface area (TPSA) is 104 Å². The summed E-state index contributed by atoms with van der Waals surface area (Å²) in [5, 5.41) is 9.00. The van der Waals surface area contributed by atoms with Crippen molar-refractivity contribution in [3.05, 3.63) is 59.8 Å². The van der Waals surface area contributed by atoms with Gasteiger partial charge >= 0.3 is 0 Å². The Morgan fingerprint density at radius 3 is 2.52 bits per heavy atom. The van der Waals surface area contributed by atoms with E-state index >= 15 is 0 Å². The van der Waals surface area contributed by atoms with Crippen molar-refractivity contribution < 1.29 is 18.8 Å². The smallest absolute Gasteiger partial charge is 0.296 e. The predicted octanol–water partition coefficient (Wildman–Crippen LogP) is 5.58. The maximum Gasteiger partial charge on any atom is 0.296 e. The van der Waals surface area contributed by atoms with Crippen LogP contribution in [0.5, 0.6) is 0 Å². The third-order valence-corrected chi connectivity index (χ3v) is 10.8. The van der Waals surface area contributed by atoms with Crippen LogP contribution in [0.25, 0.3) is 21.9 Å². The summed E-state index contributed by atoms with van der Waals surface area (Å²) in [6.45, 7) is 4.20. The van der Waals surface area contributed by atoms with Gasteiger partial charge in [0.1, 0.15) is 17.3 Å². The number of hydrogen-bond acceptors (Lipinski definition) is 6. The summed E-state index contributed by atoms with van der Waals surface area (Å²) in [6.07, 6.45) is 7.78. The van der Waals surface area contributed by atoms with Gasteiger partial charge in [0.25, 0.3) is 5.91 Å². The Morgan fingerprint density at radius 1 is 0.957 bits per heavy atom. The van der Waals surface area contributed by atoms with Crippen molar-refractivity contribution >= 4 is 39.5 Å². The van der Waals surface area contributed by atoms with Gasteiger partial charge in [0.15, 0.2) is 5.78 Å². The van der Waals surface area contributed by atoms with Crippen molar-refractivity contribution in [2.75, 3.05) is 26.3 Å². The highest BCUT2D eigenvalue weighted by molar-refractivity contribution is 6.02. The highest BCUT2D eigenvalue weighted by atomic mass is 19.1. The average Bonchev–Trinajstić information content (AvgIpc) is 3.84. The highest BCUT2D eigenvalue weighted by Gasteiger charge is 2.46. The number of likely N-dealkylation sites (tertiary alicyclic amines) is 2. The van der Waals surface area contributed by atoms with Gasteiger partial charge in [-0.05, 0) is 106 Å². The summed E-state index contributed by atoms with van der Waals surface area (Å²) >= 11 is 0. The Bertz CT molecular complexity index is 1730. The zero-order valence-corrected chi connectivity index (χ0v) is 26.5. The summed E-state index contributed by atoms with van der Waals surface area (Å²) in [7, 11) is 0. The van der Waals surface area contributed by atoms with E-state index in [9.17, 15) is 18.8 Å². The molecular formula is C36H43FN6O3. The number of aromatic amines is 1. The number of halogens is 1. The van der Waals surface area contributed by atoms with E-state index in [1.165, 1.54) is 11.1 Å². The van der Waals surface area contributed by atoms with Crippen LogP contribution in [0.4, 0.5) is 4.39 Å². The standard InChI is InChI=1S/C36H43FN6O3/c1-23(22-37)25-10-12-26(13-11-25)35(45)42-18-15-32(41-16-5-2-6-17-41)34(42)33(44)20-24-9-14-28-27(19-24)21-30(38-28)36(46)43-31-8-4-3-7-29(31)39-40-43/h3-4,7-9,14,19,21,23,25-26,32,34,38H,2,5-6,10-13,15-18,20,22H2,1H3/t23-,25?,26?,32-,34+/m1/s1. The molecule has 7 rings (SSSR count). The molecule has 0 unspecified atom stereocenters. The van der Waals surface area contributed by atoms with E-state index < -0.39 is 6.04 Å². The van der Waals surface area contributed by atoms with Crippen molar-refractivity contribution in [2.45, 2.75) is 76.8 Å². The zero-order valence-electron chi connectivity index (χ0n) is 26.5. The van der Waals surface area contributed by atoms with Crippen LogP contribution >= 0.6 is 0 Å². The van der Waals surface area contributed by atoms with E-state index in [0.29, 0.717) is 29.2 Å². The van der Waals surface area contributed by atoms with E-state index in [0.717, 1.165) is 74.5 Å². The number of fused-ring (bicyclic) bond motifs is 2. The summed E-state index contributed by atoms with van der Waals surface area (Å²) in [4.78, 5) is 49.1. The van der Waals surface area contributed by atoms with Crippen LogP contribution in [0.2, 0.25) is 0 Å². The van der Waals surface area contributed by atoms with Crippen LogP contribution in [0, 0.1) is 17.8 Å². The second-order valence-corrected chi connectivity index (χ2v) is 13.7. The molecule has 0 spiro atoms. The molecule has 1 N–H and O–H groups in total. The van der Waals surface area contributed by atoms with Crippen LogP contribution in [-0.4, -0.2) is 85.8 Å². The lowest BCUT2D eigenvalue weighted by molar-refractivity contribution is -0.143. The molecule has 0 radical (unpaired) electrons. The van der Waals surface area contributed by atoms with Gasteiger partial charge in [0, 0.05) is 35.8 Å². The third-order valence-electron chi connectivity index (χ3n) is 10.8. The first-order chi connectivity index (χ1) is 22.4. The summed E-state index contributed by atoms with van der Waals surface area (Å²) < 4.78 is 14.6. The fourth-order valence-corrected chi connectivity index (χ4v) is 8.19. The number of nitrogens with zero attached hydrogens (tertiary/aromatic N) is 5. The summed E-state index contributed by atoms with van der Waals surface area (Å²) in [5.41, 5.74) is 3.33. The Kier molecular flexibility index (Phi) is 8.72. The lowest BCUT2D eigenvalue weighted by atomic mass is 9.76. The van der Waals surface area contributed by atoms with Gasteiger partial charge in [-0.2, -0.15) is 4.68 Å². The molecule has 1 saturated carbocycles. The molecule has 2 saturated heterocycles. The third kappa shape index (κ3) is 5.87. The number of aromatic nitrogens is 4. The molecule has 3 aliphatic rings. The Hall–Kier alpha value is -3.92. The van der Waals surface area contributed by atoms with Gasteiger partial charge in [0.2, 0.25) is 5.91 Å². The van der Waals surface area contributed by atoms with E-state index in [2.05, 4.69) is 20.2 Å². The monoisotopic (exact) mass is 626 g/mol. The van der Waals surface area contributed by atoms with Crippen molar-refractivity contribution in [2.24, 2.45) is 17.8 Å². The van der Waals surface area contributed by atoms with Gasteiger partial charge in [-0.15, -0.1) is 5.10 Å². The van der Waals surface area contributed by atoms with Crippen LogP contribution in [0.3, 0.4) is 0 Å². The number of hydrogen-bond donors (Lipinski definition) is 1. The fourth-order valence-electron chi connectivity index (χ4n) is 8.19. The molecule has 242 valence electrons. The number of H-pyrrole nitrogens is 1.